The molecule has 1 aliphatic heterocycles. The molecule has 1 heterocycles. The highest BCUT2D eigenvalue weighted by Gasteiger charge is 2.25. The van der Waals surface area contributed by atoms with Crippen molar-refractivity contribution in [1.82, 2.24) is 15.5 Å². The van der Waals surface area contributed by atoms with E-state index in [-0.39, 0.29) is 12.1 Å². The maximum atomic E-state index is 11.8. The van der Waals surface area contributed by atoms with Crippen molar-refractivity contribution in [3.05, 3.63) is 12.2 Å². The number of likely N-dealkylation sites (tertiary alicyclic amines) is 1. The number of urea groups is 1. The molecule has 1 saturated heterocycles. The minimum absolute atomic E-state index is 0.176. The fourth-order valence-electron chi connectivity index (χ4n) is 2.89. The number of hydrogen-bond donors (Lipinski definition) is 3. The van der Waals surface area contributed by atoms with Gasteiger partial charge in [-0.05, 0) is 38.8 Å². The first-order chi connectivity index (χ1) is 9.54. The second kappa shape index (κ2) is 6.74. The molecule has 0 aromatic carbocycles. The number of carbonyl (C=O) groups is 2. The van der Waals surface area contributed by atoms with Gasteiger partial charge in [0, 0.05) is 13.1 Å². The predicted molar refractivity (Wildman–Crippen MR) is 75.4 cm³/mol. The van der Waals surface area contributed by atoms with Crippen molar-refractivity contribution >= 4 is 12.0 Å². The molecule has 0 aromatic heterocycles. The summed E-state index contributed by atoms with van der Waals surface area (Å²) in [5.41, 5.74) is 0. The average Bonchev–Trinajstić information content (AvgIpc) is 2.85. The number of hydrogen-bond acceptors (Lipinski definition) is 3. The Morgan fingerprint density at radius 1 is 1.40 bits per heavy atom. The summed E-state index contributed by atoms with van der Waals surface area (Å²) >= 11 is 0. The van der Waals surface area contributed by atoms with Crippen molar-refractivity contribution in [2.45, 2.75) is 25.3 Å². The number of nitrogens with one attached hydrogen (secondary N) is 2. The summed E-state index contributed by atoms with van der Waals surface area (Å²) < 4.78 is 0. The topological polar surface area (TPSA) is 81.7 Å². The van der Waals surface area contributed by atoms with E-state index in [9.17, 15) is 9.59 Å². The van der Waals surface area contributed by atoms with Gasteiger partial charge in [-0.25, -0.2) is 4.79 Å². The van der Waals surface area contributed by atoms with Crippen LogP contribution in [0.3, 0.4) is 0 Å². The predicted octanol–water partition coefficient (Wildman–Crippen LogP) is 0.657. The Labute approximate surface area is 119 Å². The molecule has 0 saturated carbocycles. The van der Waals surface area contributed by atoms with E-state index < -0.39 is 11.9 Å². The van der Waals surface area contributed by atoms with Gasteiger partial charge in [-0.2, -0.15) is 0 Å². The Hall–Kier alpha value is -1.56. The Morgan fingerprint density at radius 2 is 2.20 bits per heavy atom. The molecular weight excluding hydrogens is 258 g/mol. The van der Waals surface area contributed by atoms with E-state index in [1.54, 1.807) is 12.2 Å². The summed E-state index contributed by atoms with van der Waals surface area (Å²) in [5, 5.41) is 14.6. The minimum Gasteiger partial charge on any atom is -0.481 e. The highest BCUT2D eigenvalue weighted by atomic mass is 16.4. The number of nitrogens with zero attached hydrogens (tertiary/aromatic N) is 1. The summed E-state index contributed by atoms with van der Waals surface area (Å²) in [6.45, 7) is 2.83. The summed E-state index contributed by atoms with van der Waals surface area (Å²) in [6.07, 6.45) is 6.16. The van der Waals surface area contributed by atoms with Crippen LogP contribution in [0.25, 0.3) is 0 Å². The van der Waals surface area contributed by atoms with Crippen LogP contribution in [0.4, 0.5) is 4.79 Å². The second-order valence-corrected chi connectivity index (χ2v) is 5.80. The van der Waals surface area contributed by atoms with Crippen LogP contribution in [0.5, 0.6) is 0 Å². The normalized spacial score (nSPS) is 30.1. The molecule has 1 fully saturated rings. The van der Waals surface area contributed by atoms with Crippen LogP contribution in [0.1, 0.15) is 19.3 Å². The third-order valence-electron chi connectivity index (χ3n) is 3.99. The van der Waals surface area contributed by atoms with E-state index in [1.807, 2.05) is 0 Å². The zero-order valence-electron chi connectivity index (χ0n) is 11.8. The van der Waals surface area contributed by atoms with Crippen LogP contribution < -0.4 is 10.6 Å². The van der Waals surface area contributed by atoms with E-state index in [0.29, 0.717) is 18.9 Å². The van der Waals surface area contributed by atoms with Crippen molar-refractivity contribution in [2.24, 2.45) is 11.8 Å². The van der Waals surface area contributed by atoms with Crippen molar-refractivity contribution in [3.63, 3.8) is 0 Å². The molecule has 3 N–H and O–H groups in total. The lowest BCUT2D eigenvalue weighted by Gasteiger charge is -2.29. The van der Waals surface area contributed by atoms with Gasteiger partial charge >= 0.3 is 12.0 Å². The molecule has 0 spiro atoms. The van der Waals surface area contributed by atoms with Crippen molar-refractivity contribution in [3.8, 4) is 0 Å². The molecule has 6 heteroatoms. The Bertz CT molecular complexity index is 397. The van der Waals surface area contributed by atoms with Crippen LogP contribution in [-0.4, -0.2) is 54.7 Å². The Balaban J connectivity index is 1.66. The quantitative estimate of drug-likeness (QED) is 0.661. The number of amides is 2. The lowest BCUT2D eigenvalue weighted by atomic mass is 9.99. The van der Waals surface area contributed by atoms with E-state index in [0.717, 1.165) is 19.5 Å². The first-order valence-electron chi connectivity index (χ1n) is 7.18. The van der Waals surface area contributed by atoms with Gasteiger partial charge in [0.1, 0.15) is 0 Å². The minimum atomic E-state index is -0.837. The molecule has 0 aromatic rings. The standard InChI is InChI=1S/C14H23N3O3/c1-17-6-2-3-10(9-17)8-15-14(20)16-12-5-4-11(7-12)13(18)19/h4-5,10-12H,2-3,6-9H2,1H3,(H,18,19)(H2,15,16,20). The van der Waals surface area contributed by atoms with Gasteiger partial charge in [0.25, 0.3) is 0 Å². The Morgan fingerprint density at radius 3 is 2.85 bits per heavy atom. The molecule has 2 rings (SSSR count). The second-order valence-electron chi connectivity index (χ2n) is 5.80. The van der Waals surface area contributed by atoms with Crippen LogP contribution in [0.15, 0.2) is 12.2 Å². The first-order valence-corrected chi connectivity index (χ1v) is 7.18. The molecule has 6 nitrogen and oxygen atoms in total. The molecule has 1 aliphatic carbocycles. The van der Waals surface area contributed by atoms with Crippen molar-refractivity contribution < 1.29 is 14.7 Å². The number of carboxylic acid groups (broad SMARTS) is 1. The monoisotopic (exact) mass is 281 g/mol. The smallest absolute Gasteiger partial charge is 0.315 e. The van der Waals surface area contributed by atoms with Gasteiger partial charge in [0.05, 0.1) is 12.0 Å². The average molecular weight is 281 g/mol. The van der Waals surface area contributed by atoms with Crippen LogP contribution in [0.2, 0.25) is 0 Å². The van der Waals surface area contributed by atoms with E-state index in [2.05, 4.69) is 22.6 Å². The summed E-state index contributed by atoms with van der Waals surface area (Å²) in [4.78, 5) is 24.9. The van der Waals surface area contributed by atoms with Gasteiger partial charge in [0.15, 0.2) is 0 Å². The molecule has 0 radical (unpaired) electrons. The number of piperidine rings is 1. The van der Waals surface area contributed by atoms with Gasteiger partial charge in [-0.15, -0.1) is 0 Å². The Kier molecular flexibility index (Phi) is 5.00. The third kappa shape index (κ3) is 4.23. The fraction of sp³-hybridized carbons (Fsp3) is 0.714. The van der Waals surface area contributed by atoms with Crippen LogP contribution >= 0.6 is 0 Å². The summed E-state index contributed by atoms with van der Waals surface area (Å²) in [5.74, 6) is -0.811. The number of rotatable bonds is 4. The lowest BCUT2D eigenvalue weighted by Crippen LogP contribution is -2.45. The molecule has 2 amide bonds. The highest BCUT2D eigenvalue weighted by molar-refractivity contribution is 5.76. The van der Waals surface area contributed by atoms with E-state index in [1.165, 1.54) is 6.42 Å². The molecule has 3 atom stereocenters. The first kappa shape index (κ1) is 14.8. The van der Waals surface area contributed by atoms with Crippen molar-refractivity contribution in [2.75, 3.05) is 26.7 Å². The van der Waals surface area contributed by atoms with Crippen LogP contribution in [-0.2, 0) is 4.79 Å². The zero-order chi connectivity index (χ0) is 14.5. The SMILES string of the molecule is CN1CCCC(CNC(=O)NC2C=CC(C(=O)O)C2)C1. The highest BCUT2D eigenvalue weighted by Crippen LogP contribution is 2.18. The van der Waals surface area contributed by atoms with Gasteiger partial charge in [-0.3, -0.25) is 4.79 Å². The number of carbonyl (C=O) groups excluding carboxylic acids is 1. The molecule has 0 bridgehead atoms. The molecule has 3 unspecified atom stereocenters. The van der Waals surface area contributed by atoms with Gasteiger partial charge in [0.2, 0.25) is 0 Å². The maximum Gasteiger partial charge on any atom is 0.315 e. The van der Waals surface area contributed by atoms with E-state index >= 15 is 0 Å². The largest absolute Gasteiger partial charge is 0.481 e. The van der Waals surface area contributed by atoms with Gasteiger partial charge in [-0.1, -0.05) is 12.2 Å². The number of aliphatic carboxylic acids is 1. The lowest BCUT2D eigenvalue weighted by molar-refractivity contribution is -0.140. The summed E-state index contributed by atoms with van der Waals surface area (Å²) in [7, 11) is 2.10. The molecule has 2 aliphatic rings. The zero-order valence-corrected chi connectivity index (χ0v) is 11.8. The van der Waals surface area contributed by atoms with Gasteiger partial charge < -0.3 is 20.6 Å². The van der Waals surface area contributed by atoms with E-state index in [4.69, 9.17) is 5.11 Å². The maximum absolute atomic E-state index is 11.8. The number of carboxylic acids is 1. The van der Waals surface area contributed by atoms with Crippen molar-refractivity contribution in [1.29, 1.82) is 0 Å². The summed E-state index contributed by atoms with van der Waals surface area (Å²) in [6, 6.07) is -0.385. The molecule has 112 valence electrons. The fourth-order valence-corrected chi connectivity index (χ4v) is 2.89. The molecule has 20 heavy (non-hydrogen) atoms. The van der Waals surface area contributed by atoms with Crippen LogP contribution in [0, 0.1) is 11.8 Å². The molecular formula is C14H23N3O3. The third-order valence-corrected chi connectivity index (χ3v) is 3.99.